The first-order chi connectivity index (χ1) is 9.16. The van der Waals surface area contributed by atoms with Gasteiger partial charge in [-0.05, 0) is 26.9 Å². The molecule has 0 aromatic rings. The molecule has 0 rings (SSSR count). The highest BCUT2D eigenvalue weighted by molar-refractivity contribution is 7.91. The Balaban J connectivity index is 3.09. The molecule has 116 valence electrons. The fourth-order valence-corrected chi connectivity index (χ4v) is 3.44. The van der Waals surface area contributed by atoms with Gasteiger partial charge in [-0.25, -0.2) is 0 Å². The third-order valence-corrected chi connectivity index (χ3v) is 4.87. The van der Waals surface area contributed by atoms with Crippen molar-refractivity contribution < 1.29 is 4.55 Å². The molecule has 0 N–H and O–H groups in total. The van der Waals surface area contributed by atoms with Crippen LogP contribution in [0.25, 0.3) is 0 Å². The zero-order valence-corrected chi connectivity index (χ0v) is 14.3. The van der Waals surface area contributed by atoms with E-state index >= 15 is 0 Å². The van der Waals surface area contributed by atoms with Crippen molar-refractivity contribution in [1.29, 1.82) is 0 Å². The predicted molar refractivity (Wildman–Crippen MR) is 88.3 cm³/mol. The lowest BCUT2D eigenvalue weighted by Crippen LogP contribution is -2.23. The second-order valence-electron chi connectivity index (χ2n) is 5.83. The summed E-state index contributed by atoms with van der Waals surface area (Å²) in [6.07, 6.45) is 13.5. The van der Waals surface area contributed by atoms with Gasteiger partial charge in [0.2, 0.25) is 0 Å². The summed E-state index contributed by atoms with van der Waals surface area (Å²) in [5.41, 5.74) is 0. The standard InChI is InChI=1S/C16H35NOS/c1-4-5-6-7-8-9-10-11-12-13-15-19(18)16-14-17(2)3/h4-16H2,1-3H3/t19-/m0/s1. The zero-order valence-electron chi connectivity index (χ0n) is 13.5. The van der Waals surface area contributed by atoms with Crippen LogP contribution in [0.4, 0.5) is 0 Å². The molecule has 0 spiro atoms. The molecule has 2 nitrogen and oxygen atoms in total. The molecule has 0 amide bonds. The zero-order chi connectivity index (χ0) is 14.3. The van der Waals surface area contributed by atoms with Crippen LogP contribution in [0.3, 0.4) is 0 Å². The number of unbranched alkanes of at least 4 members (excludes halogenated alkanes) is 9. The van der Waals surface area contributed by atoms with Gasteiger partial charge in [0.05, 0.1) is 0 Å². The first-order valence-electron chi connectivity index (χ1n) is 8.16. The van der Waals surface area contributed by atoms with Crippen molar-refractivity contribution in [3.8, 4) is 0 Å². The number of hydrogen-bond donors (Lipinski definition) is 0. The van der Waals surface area contributed by atoms with Crippen LogP contribution in [0.5, 0.6) is 0 Å². The van der Waals surface area contributed by atoms with E-state index in [1.807, 2.05) is 14.1 Å². The Hall–Kier alpha value is 0.270. The summed E-state index contributed by atoms with van der Waals surface area (Å²) in [4.78, 5) is 2.11. The first-order valence-corrected chi connectivity index (χ1v) is 9.65. The van der Waals surface area contributed by atoms with Crippen LogP contribution in [-0.4, -0.2) is 41.6 Å². The molecule has 0 aliphatic rings. The van der Waals surface area contributed by atoms with Gasteiger partial charge in [-0.2, -0.15) is 0 Å². The maximum Gasteiger partial charge on any atom is 0.118 e. The van der Waals surface area contributed by atoms with Crippen LogP contribution in [-0.2, 0) is 11.2 Å². The van der Waals surface area contributed by atoms with E-state index in [9.17, 15) is 4.55 Å². The lowest BCUT2D eigenvalue weighted by atomic mass is 10.1. The van der Waals surface area contributed by atoms with Crippen molar-refractivity contribution in [2.24, 2.45) is 0 Å². The van der Waals surface area contributed by atoms with Gasteiger partial charge in [0.25, 0.3) is 0 Å². The van der Waals surface area contributed by atoms with E-state index in [2.05, 4.69) is 11.8 Å². The van der Waals surface area contributed by atoms with Crippen LogP contribution in [0.1, 0.15) is 71.1 Å². The summed E-state index contributed by atoms with van der Waals surface area (Å²) < 4.78 is 11.7. The van der Waals surface area contributed by atoms with E-state index in [0.717, 1.165) is 24.5 Å². The summed E-state index contributed by atoms with van der Waals surface area (Å²) >= 11 is -0.595. The van der Waals surface area contributed by atoms with Gasteiger partial charge < -0.3 is 9.45 Å². The molecule has 3 heteroatoms. The van der Waals surface area contributed by atoms with Crippen LogP contribution < -0.4 is 0 Å². The fourth-order valence-electron chi connectivity index (χ4n) is 2.14. The van der Waals surface area contributed by atoms with Crippen molar-refractivity contribution in [2.75, 3.05) is 32.1 Å². The Kier molecular flexibility index (Phi) is 14.9. The molecule has 0 fully saturated rings. The molecule has 0 heterocycles. The van der Waals surface area contributed by atoms with E-state index in [4.69, 9.17) is 0 Å². The molecule has 0 unspecified atom stereocenters. The average molecular weight is 290 g/mol. The Morgan fingerprint density at radius 1 is 0.737 bits per heavy atom. The Morgan fingerprint density at radius 3 is 1.68 bits per heavy atom. The minimum absolute atomic E-state index is 0.595. The molecule has 0 aliphatic carbocycles. The normalized spacial score (nSPS) is 13.1. The Morgan fingerprint density at radius 2 is 1.21 bits per heavy atom. The number of hydrogen-bond acceptors (Lipinski definition) is 2. The van der Waals surface area contributed by atoms with E-state index in [1.54, 1.807) is 0 Å². The van der Waals surface area contributed by atoms with Crippen LogP contribution in [0.2, 0.25) is 0 Å². The van der Waals surface area contributed by atoms with Crippen LogP contribution in [0.15, 0.2) is 0 Å². The molecule has 0 saturated heterocycles. The molecule has 0 aromatic carbocycles. The second-order valence-corrected chi connectivity index (χ2v) is 7.53. The van der Waals surface area contributed by atoms with Gasteiger partial charge in [0, 0.05) is 6.54 Å². The maximum absolute atomic E-state index is 11.7. The summed E-state index contributed by atoms with van der Waals surface area (Å²) in [7, 11) is 4.08. The minimum Gasteiger partial charge on any atom is -0.616 e. The number of nitrogens with zero attached hydrogens (tertiary/aromatic N) is 1. The smallest absolute Gasteiger partial charge is 0.118 e. The SMILES string of the molecule is CCCCCCCCCCCC[S@+]([O-])CCN(C)C. The summed E-state index contributed by atoms with van der Waals surface area (Å²) in [5.74, 6) is 1.74. The minimum atomic E-state index is -0.595. The van der Waals surface area contributed by atoms with Crippen molar-refractivity contribution in [2.45, 2.75) is 71.1 Å². The second kappa shape index (κ2) is 14.7. The van der Waals surface area contributed by atoms with Gasteiger partial charge in [0.1, 0.15) is 11.5 Å². The first kappa shape index (κ1) is 19.3. The van der Waals surface area contributed by atoms with Crippen LogP contribution in [0, 0.1) is 0 Å². The highest BCUT2D eigenvalue weighted by atomic mass is 32.2. The van der Waals surface area contributed by atoms with E-state index in [0.29, 0.717) is 0 Å². The van der Waals surface area contributed by atoms with E-state index in [1.165, 1.54) is 57.8 Å². The molecular weight excluding hydrogens is 254 g/mol. The van der Waals surface area contributed by atoms with E-state index in [-0.39, 0.29) is 0 Å². The molecule has 0 bridgehead atoms. The maximum atomic E-state index is 11.7. The summed E-state index contributed by atoms with van der Waals surface area (Å²) in [6, 6.07) is 0. The van der Waals surface area contributed by atoms with Crippen molar-refractivity contribution >= 4 is 11.2 Å². The van der Waals surface area contributed by atoms with Crippen LogP contribution >= 0.6 is 0 Å². The molecule has 0 saturated carbocycles. The van der Waals surface area contributed by atoms with Gasteiger partial charge in [-0.15, -0.1) is 0 Å². The Labute approximate surface area is 124 Å². The van der Waals surface area contributed by atoms with Crippen molar-refractivity contribution in [1.82, 2.24) is 4.90 Å². The molecule has 0 aliphatic heterocycles. The van der Waals surface area contributed by atoms with Crippen molar-refractivity contribution in [3.63, 3.8) is 0 Å². The predicted octanol–water partition coefficient (Wildman–Crippen LogP) is 4.22. The molecule has 19 heavy (non-hydrogen) atoms. The lowest BCUT2D eigenvalue weighted by molar-refractivity contribution is 0.432. The van der Waals surface area contributed by atoms with Gasteiger partial charge >= 0.3 is 0 Å². The average Bonchev–Trinajstić information content (AvgIpc) is 2.38. The molecule has 0 radical (unpaired) electrons. The molecule has 0 aromatic heterocycles. The highest BCUT2D eigenvalue weighted by Gasteiger charge is 2.05. The van der Waals surface area contributed by atoms with E-state index < -0.39 is 11.2 Å². The topological polar surface area (TPSA) is 26.3 Å². The third-order valence-electron chi connectivity index (χ3n) is 3.49. The van der Waals surface area contributed by atoms with Gasteiger partial charge in [-0.3, -0.25) is 0 Å². The largest absolute Gasteiger partial charge is 0.616 e. The lowest BCUT2D eigenvalue weighted by Gasteiger charge is -2.14. The number of rotatable bonds is 14. The molecular formula is C16H35NOS. The van der Waals surface area contributed by atoms with Crippen molar-refractivity contribution in [3.05, 3.63) is 0 Å². The van der Waals surface area contributed by atoms with Gasteiger partial charge in [0.15, 0.2) is 0 Å². The summed E-state index contributed by atoms with van der Waals surface area (Å²) in [5, 5.41) is 0. The highest BCUT2D eigenvalue weighted by Crippen LogP contribution is 2.11. The Bertz CT molecular complexity index is 176. The fraction of sp³-hybridized carbons (Fsp3) is 1.00. The summed E-state index contributed by atoms with van der Waals surface area (Å²) in [6.45, 7) is 3.22. The molecule has 1 atom stereocenters. The quantitative estimate of drug-likeness (QED) is 0.353. The monoisotopic (exact) mass is 289 g/mol. The van der Waals surface area contributed by atoms with Gasteiger partial charge in [-0.1, -0.05) is 69.5 Å². The third kappa shape index (κ3) is 16.2.